The van der Waals surface area contributed by atoms with Gasteiger partial charge in [-0.1, -0.05) is 66.7 Å². The van der Waals surface area contributed by atoms with Gasteiger partial charge in [-0.25, -0.2) is 4.90 Å². The van der Waals surface area contributed by atoms with Gasteiger partial charge in [-0.2, -0.15) is 0 Å². The molecule has 0 atom stereocenters. The van der Waals surface area contributed by atoms with Crippen LogP contribution in [0.15, 0.2) is 90.6 Å². The average Bonchev–Trinajstić information content (AvgIpc) is 3.08. The molecule has 0 aromatic heterocycles. The van der Waals surface area contributed by atoms with Crippen LogP contribution in [0.3, 0.4) is 0 Å². The van der Waals surface area contributed by atoms with Crippen LogP contribution in [-0.2, 0) is 16.1 Å². The highest BCUT2D eigenvalue weighted by atomic mass is 16.2. The number of likely N-dealkylation sites (N-methyl/N-ethyl adjacent to an activating group) is 1. The number of hydrogen-bond donors (Lipinski definition) is 0. The first-order chi connectivity index (χ1) is 15.5. The van der Waals surface area contributed by atoms with E-state index in [1.807, 2.05) is 116 Å². The molecule has 1 aliphatic rings. The number of amides is 2. The Kier molecular flexibility index (Phi) is 6.08. The smallest absolute Gasteiger partial charge is 0.282 e. The zero-order chi connectivity index (χ0) is 22.7. The molecule has 0 bridgehead atoms. The Morgan fingerprint density at radius 3 is 2.06 bits per heavy atom. The minimum atomic E-state index is -0.293. The van der Waals surface area contributed by atoms with Crippen LogP contribution in [0.25, 0.3) is 5.57 Å². The SMILES string of the molecule is CCN(Cc1ccccc1)C1=C(c2ccccc2)C(=O)N(c2cccc(N(C)C)c2)C1=O. The highest BCUT2D eigenvalue weighted by molar-refractivity contribution is 6.45. The van der Waals surface area contributed by atoms with Gasteiger partial charge in [0.05, 0.1) is 11.3 Å². The largest absolute Gasteiger partial charge is 0.378 e. The van der Waals surface area contributed by atoms with Gasteiger partial charge in [0.15, 0.2) is 0 Å². The third-order valence-electron chi connectivity index (χ3n) is 5.64. The molecule has 0 aliphatic carbocycles. The molecular formula is C27H27N3O2. The normalized spacial score (nSPS) is 13.7. The van der Waals surface area contributed by atoms with Crippen molar-refractivity contribution in [3.8, 4) is 0 Å². The standard InChI is InChI=1S/C27H27N3O2/c1-4-29(19-20-12-7-5-8-13-20)25-24(21-14-9-6-10-15-21)26(31)30(27(25)32)23-17-11-16-22(18-23)28(2)3/h5-18H,4,19H2,1-3H3. The number of anilines is 2. The Bertz CT molecular complexity index is 1150. The second-order valence-electron chi connectivity index (χ2n) is 7.95. The summed E-state index contributed by atoms with van der Waals surface area (Å²) in [6, 6.07) is 27.0. The number of carbonyl (C=O) groups excluding carboxylic acids is 2. The van der Waals surface area contributed by atoms with Crippen LogP contribution >= 0.6 is 0 Å². The minimum absolute atomic E-state index is 0.289. The Morgan fingerprint density at radius 2 is 1.44 bits per heavy atom. The molecule has 3 aromatic rings. The zero-order valence-electron chi connectivity index (χ0n) is 18.7. The van der Waals surface area contributed by atoms with Crippen molar-refractivity contribution >= 4 is 28.8 Å². The predicted octanol–water partition coefficient (Wildman–Crippen LogP) is 4.56. The fourth-order valence-electron chi connectivity index (χ4n) is 3.97. The van der Waals surface area contributed by atoms with Crippen molar-refractivity contribution in [2.45, 2.75) is 13.5 Å². The van der Waals surface area contributed by atoms with Crippen molar-refractivity contribution in [1.82, 2.24) is 4.90 Å². The third kappa shape index (κ3) is 4.02. The Hall–Kier alpha value is -3.86. The molecule has 3 aromatic carbocycles. The van der Waals surface area contributed by atoms with E-state index in [1.54, 1.807) is 0 Å². The molecule has 0 radical (unpaired) electrons. The molecule has 4 rings (SSSR count). The Labute approximate surface area is 189 Å². The number of hydrogen-bond acceptors (Lipinski definition) is 4. The zero-order valence-corrected chi connectivity index (χ0v) is 18.7. The maximum absolute atomic E-state index is 13.8. The molecule has 0 N–H and O–H groups in total. The lowest BCUT2D eigenvalue weighted by molar-refractivity contribution is -0.120. The van der Waals surface area contributed by atoms with Crippen LogP contribution in [0.1, 0.15) is 18.1 Å². The first-order valence-electron chi connectivity index (χ1n) is 10.8. The molecule has 1 heterocycles. The summed E-state index contributed by atoms with van der Waals surface area (Å²) in [5.74, 6) is -0.582. The number of imide groups is 1. The van der Waals surface area contributed by atoms with Gasteiger partial charge in [0.1, 0.15) is 5.70 Å². The summed E-state index contributed by atoms with van der Waals surface area (Å²) in [5.41, 5.74) is 4.23. The van der Waals surface area contributed by atoms with Crippen LogP contribution in [0.4, 0.5) is 11.4 Å². The maximum atomic E-state index is 13.8. The van der Waals surface area contributed by atoms with Crippen molar-refractivity contribution in [3.63, 3.8) is 0 Å². The summed E-state index contributed by atoms with van der Waals surface area (Å²) in [7, 11) is 3.87. The molecule has 5 heteroatoms. The molecule has 0 saturated heterocycles. The summed E-state index contributed by atoms with van der Waals surface area (Å²) in [6.45, 7) is 3.16. The molecule has 5 nitrogen and oxygen atoms in total. The maximum Gasteiger partial charge on any atom is 0.282 e. The van der Waals surface area contributed by atoms with Gasteiger partial charge in [0.25, 0.3) is 11.8 Å². The lowest BCUT2D eigenvalue weighted by atomic mass is 10.0. The Morgan fingerprint density at radius 1 is 0.781 bits per heavy atom. The fraction of sp³-hybridized carbons (Fsp3) is 0.185. The quantitative estimate of drug-likeness (QED) is 0.521. The third-order valence-corrected chi connectivity index (χ3v) is 5.64. The lowest BCUT2D eigenvalue weighted by Gasteiger charge is -2.25. The van der Waals surface area contributed by atoms with E-state index in [0.29, 0.717) is 30.0 Å². The number of rotatable bonds is 7. The summed E-state index contributed by atoms with van der Waals surface area (Å²) < 4.78 is 0. The average molecular weight is 426 g/mol. The predicted molar refractivity (Wildman–Crippen MR) is 129 cm³/mol. The van der Waals surface area contributed by atoms with E-state index >= 15 is 0 Å². The first-order valence-corrected chi connectivity index (χ1v) is 10.8. The van der Waals surface area contributed by atoms with Crippen LogP contribution in [0.5, 0.6) is 0 Å². The number of nitrogens with zero attached hydrogens (tertiary/aromatic N) is 3. The summed E-state index contributed by atoms with van der Waals surface area (Å²) in [6.07, 6.45) is 0. The molecule has 0 saturated carbocycles. The van der Waals surface area contributed by atoms with E-state index in [2.05, 4.69) is 0 Å². The van der Waals surface area contributed by atoms with Crippen molar-refractivity contribution in [2.75, 3.05) is 30.4 Å². The van der Waals surface area contributed by atoms with Crippen LogP contribution in [0.2, 0.25) is 0 Å². The van der Waals surface area contributed by atoms with E-state index in [1.165, 1.54) is 4.90 Å². The van der Waals surface area contributed by atoms with E-state index in [-0.39, 0.29) is 11.8 Å². The van der Waals surface area contributed by atoms with Gasteiger partial charge in [-0.05, 0) is 36.2 Å². The van der Waals surface area contributed by atoms with Crippen LogP contribution < -0.4 is 9.80 Å². The minimum Gasteiger partial charge on any atom is -0.378 e. The molecule has 2 amide bonds. The Balaban J connectivity index is 1.81. The van der Waals surface area contributed by atoms with E-state index < -0.39 is 0 Å². The van der Waals surface area contributed by atoms with Crippen molar-refractivity contribution in [1.29, 1.82) is 0 Å². The molecule has 1 aliphatic heterocycles. The lowest BCUT2D eigenvalue weighted by Crippen LogP contribution is -2.35. The topological polar surface area (TPSA) is 43.9 Å². The highest BCUT2D eigenvalue weighted by Gasteiger charge is 2.42. The first kappa shape index (κ1) is 21.4. The molecule has 32 heavy (non-hydrogen) atoms. The molecule has 162 valence electrons. The van der Waals surface area contributed by atoms with Gasteiger partial charge < -0.3 is 9.80 Å². The van der Waals surface area contributed by atoms with Crippen molar-refractivity contribution in [2.24, 2.45) is 0 Å². The van der Waals surface area contributed by atoms with Gasteiger partial charge in [0.2, 0.25) is 0 Å². The van der Waals surface area contributed by atoms with E-state index in [9.17, 15) is 9.59 Å². The van der Waals surface area contributed by atoms with Crippen molar-refractivity contribution in [3.05, 3.63) is 102 Å². The van der Waals surface area contributed by atoms with E-state index in [4.69, 9.17) is 0 Å². The summed E-state index contributed by atoms with van der Waals surface area (Å²) in [5, 5.41) is 0. The van der Waals surface area contributed by atoms with Crippen molar-refractivity contribution < 1.29 is 9.59 Å². The van der Waals surface area contributed by atoms with Gasteiger partial charge in [-0.15, -0.1) is 0 Å². The van der Waals surface area contributed by atoms with Gasteiger partial charge >= 0.3 is 0 Å². The highest BCUT2D eigenvalue weighted by Crippen LogP contribution is 2.36. The molecule has 0 spiro atoms. The number of benzene rings is 3. The second kappa shape index (κ2) is 9.10. The molecular weight excluding hydrogens is 398 g/mol. The number of carbonyl (C=O) groups is 2. The summed E-state index contributed by atoms with van der Waals surface area (Å²) >= 11 is 0. The second-order valence-corrected chi connectivity index (χ2v) is 7.95. The van der Waals surface area contributed by atoms with Crippen LogP contribution in [0, 0.1) is 0 Å². The van der Waals surface area contributed by atoms with Gasteiger partial charge in [0, 0.05) is 32.9 Å². The molecule has 0 unspecified atom stereocenters. The van der Waals surface area contributed by atoms with Crippen LogP contribution in [-0.4, -0.2) is 37.4 Å². The molecule has 0 fully saturated rings. The monoisotopic (exact) mass is 425 g/mol. The fourth-order valence-corrected chi connectivity index (χ4v) is 3.97. The van der Waals surface area contributed by atoms with E-state index in [0.717, 1.165) is 16.8 Å². The van der Waals surface area contributed by atoms with Gasteiger partial charge in [-0.3, -0.25) is 9.59 Å². The summed E-state index contributed by atoms with van der Waals surface area (Å²) in [4.78, 5) is 32.7.